The minimum atomic E-state index is -4.07. The summed E-state index contributed by atoms with van der Waals surface area (Å²) in [6, 6.07) is 10.4. The lowest BCUT2D eigenvalue weighted by atomic mass is 9.91. The maximum Gasteiger partial charge on any atom is 0.407 e. The molecule has 0 fully saturated rings. The smallest absolute Gasteiger partial charge is 0.407 e. The van der Waals surface area contributed by atoms with Gasteiger partial charge in [-0.2, -0.15) is 0 Å². The molecule has 11 nitrogen and oxygen atoms in total. The predicted octanol–water partition coefficient (Wildman–Crippen LogP) is 4.08. The topological polar surface area (TPSA) is 163 Å². The monoisotopic (exact) mass is 532 g/mol. The van der Waals surface area contributed by atoms with Gasteiger partial charge < -0.3 is 25.8 Å². The Bertz CT molecular complexity index is 1220. The molecule has 0 heterocycles. The maximum atomic E-state index is 13.1. The summed E-state index contributed by atoms with van der Waals surface area (Å²) < 4.78 is 33.5. The first-order valence-electron chi connectivity index (χ1n) is 11.7. The van der Waals surface area contributed by atoms with Crippen LogP contribution in [-0.2, 0) is 19.6 Å². The van der Waals surface area contributed by atoms with E-state index in [2.05, 4.69) is 27.3 Å². The molecule has 0 saturated carbocycles. The number of carboxylic acid groups (broad SMARTS) is 1. The Morgan fingerprint density at radius 3 is 2.43 bits per heavy atom. The molecule has 0 saturated heterocycles. The molecule has 0 aliphatic heterocycles. The van der Waals surface area contributed by atoms with Crippen molar-refractivity contribution in [1.82, 2.24) is 10.6 Å². The van der Waals surface area contributed by atoms with Gasteiger partial charge in [-0.05, 0) is 48.7 Å². The van der Waals surface area contributed by atoms with Crippen LogP contribution in [0.3, 0.4) is 0 Å². The number of ether oxygens (including phenoxy) is 1. The molecule has 3 amide bonds. The zero-order valence-corrected chi connectivity index (χ0v) is 21.5. The van der Waals surface area contributed by atoms with Crippen LogP contribution in [-0.4, -0.2) is 44.8 Å². The number of anilines is 2. The summed E-state index contributed by atoms with van der Waals surface area (Å²) in [5, 5.41) is 17.5. The third-order valence-corrected chi connectivity index (χ3v) is 6.58. The SMILES string of the molecule is C=CCOC(=O)NC(c1cccc(NS(=O)(=O)c2cccc(NC(=O)NCCC)c2)c1)C(CC)C(=O)O. The number of urea groups is 1. The molecule has 2 rings (SSSR count). The van der Waals surface area contributed by atoms with E-state index in [1.54, 1.807) is 25.1 Å². The van der Waals surface area contributed by atoms with E-state index in [1.165, 1.54) is 36.4 Å². The zero-order chi connectivity index (χ0) is 27.4. The number of nitrogens with one attached hydrogen (secondary N) is 4. The fourth-order valence-corrected chi connectivity index (χ4v) is 4.53. The van der Waals surface area contributed by atoms with Crippen molar-refractivity contribution in [2.45, 2.75) is 37.6 Å². The average molecular weight is 533 g/mol. The van der Waals surface area contributed by atoms with Gasteiger partial charge in [0.15, 0.2) is 0 Å². The molecule has 2 aromatic carbocycles. The summed E-state index contributed by atoms with van der Waals surface area (Å²) in [4.78, 5) is 35.8. The fraction of sp³-hybridized carbons (Fsp3) is 0.320. The van der Waals surface area contributed by atoms with E-state index in [0.717, 1.165) is 6.42 Å². The number of rotatable bonds is 13. The van der Waals surface area contributed by atoms with Crippen LogP contribution in [0.25, 0.3) is 0 Å². The van der Waals surface area contributed by atoms with E-state index in [-0.39, 0.29) is 23.6 Å². The lowest BCUT2D eigenvalue weighted by molar-refractivity contribution is -0.142. The molecule has 0 aliphatic carbocycles. The first-order chi connectivity index (χ1) is 17.6. The summed E-state index contributed by atoms with van der Waals surface area (Å²) in [5.74, 6) is -2.13. The normalized spacial score (nSPS) is 12.5. The molecule has 2 unspecified atom stereocenters. The Labute approximate surface area is 216 Å². The van der Waals surface area contributed by atoms with Crippen LogP contribution in [0.15, 0.2) is 66.1 Å². The molecule has 5 N–H and O–H groups in total. The van der Waals surface area contributed by atoms with Crippen molar-refractivity contribution >= 4 is 39.5 Å². The van der Waals surface area contributed by atoms with Gasteiger partial charge in [-0.3, -0.25) is 9.52 Å². The number of hydrogen-bond acceptors (Lipinski definition) is 6. The highest BCUT2D eigenvalue weighted by Gasteiger charge is 2.30. The van der Waals surface area contributed by atoms with Crippen LogP contribution >= 0.6 is 0 Å². The number of alkyl carbamates (subject to hydrolysis) is 1. The Morgan fingerprint density at radius 2 is 1.78 bits per heavy atom. The number of aliphatic carboxylic acids is 1. The Kier molecular flexibility index (Phi) is 10.9. The van der Waals surface area contributed by atoms with Crippen LogP contribution in [0.5, 0.6) is 0 Å². The summed E-state index contributed by atoms with van der Waals surface area (Å²) >= 11 is 0. The first-order valence-corrected chi connectivity index (χ1v) is 13.1. The van der Waals surface area contributed by atoms with Crippen molar-refractivity contribution in [1.29, 1.82) is 0 Å². The minimum Gasteiger partial charge on any atom is -0.481 e. The van der Waals surface area contributed by atoms with Gasteiger partial charge in [0.2, 0.25) is 0 Å². The van der Waals surface area contributed by atoms with Crippen LogP contribution in [0.1, 0.15) is 38.3 Å². The molecule has 0 bridgehead atoms. The number of benzene rings is 2. The summed E-state index contributed by atoms with van der Waals surface area (Å²) in [6.45, 7) is 7.45. The molecule has 37 heavy (non-hydrogen) atoms. The van der Waals surface area contributed by atoms with E-state index >= 15 is 0 Å². The number of sulfonamides is 1. The third kappa shape index (κ3) is 8.83. The standard InChI is InChI=1S/C25H32N4O7S/c1-4-13-26-24(32)27-18-10-8-12-20(16-18)37(34,35)29-19-11-7-9-17(15-19)22(21(6-3)23(30)31)28-25(33)36-14-5-2/h5,7-12,15-16,21-22,29H,2,4,6,13-14H2,1,3H3,(H,28,33)(H,30,31)(H2,26,27,32). The van der Waals surface area contributed by atoms with Crippen molar-refractivity contribution < 1.29 is 32.6 Å². The van der Waals surface area contributed by atoms with Crippen LogP contribution in [0, 0.1) is 5.92 Å². The van der Waals surface area contributed by atoms with Gasteiger partial charge in [0, 0.05) is 17.9 Å². The lowest BCUT2D eigenvalue weighted by Crippen LogP contribution is -2.37. The molecular weight excluding hydrogens is 500 g/mol. The highest BCUT2D eigenvalue weighted by molar-refractivity contribution is 7.92. The van der Waals surface area contributed by atoms with Gasteiger partial charge in [0.25, 0.3) is 10.0 Å². The Hall–Kier alpha value is -4.06. The van der Waals surface area contributed by atoms with Gasteiger partial charge in [0.1, 0.15) is 6.61 Å². The van der Waals surface area contributed by atoms with Crippen molar-refractivity contribution in [3.05, 3.63) is 66.7 Å². The largest absolute Gasteiger partial charge is 0.481 e. The molecule has 0 radical (unpaired) electrons. The van der Waals surface area contributed by atoms with Gasteiger partial charge >= 0.3 is 18.1 Å². The van der Waals surface area contributed by atoms with Gasteiger partial charge in [-0.1, -0.05) is 44.7 Å². The average Bonchev–Trinajstić information content (AvgIpc) is 2.86. The summed E-state index contributed by atoms with van der Waals surface area (Å²) in [7, 11) is -4.07. The van der Waals surface area contributed by atoms with Crippen molar-refractivity contribution in [2.75, 3.05) is 23.2 Å². The van der Waals surface area contributed by atoms with E-state index in [0.29, 0.717) is 17.8 Å². The molecule has 12 heteroatoms. The van der Waals surface area contributed by atoms with E-state index < -0.39 is 40.1 Å². The number of carbonyl (C=O) groups excluding carboxylic acids is 2. The summed E-state index contributed by atoms with van der Waals surface area (Å²) in [5.41, 5.74) is 0.816. The molecule has 200 valence electrons. The fourth-order valence-electron chi connectivity index (χ4n) is 3.44. The van der Waals surface area contributed by atoms with Crippen molar-refractivity contribution in [3.63, 3.8) is 0 Å². The second-order valence-corrected chi connectivity index (χ2v) is 9.68. The minimum absolute atomic E-state index is 0.0591. The number of hydrogen-bond donors (Lipinski definition) is 5. The van der Waals surface area contributed by atoms with E-state index in [4.69, 9.17) is 4.74 Å². The Balaban J connectivity index is 2.30. The third-order valence-electron chi connectivity index (χ3n) is 5.20. The number of carboxylic acids is 1. The van der Waals surface area contributed by atoms with E-state index in [9.17, 15) is 27.9 Å². The zero-order valence-electron chi connectivity index (χ0n) is 20.7. The molecule has 2 aromatic rings. The molecule has 2 atom stereocenters. The summed E-state index contributed by atoms with van der Waals surface area (Å²) in [6.07, 6.45) is 1.50. The second-order valence-electron chi connectivity index (χ2n) is 8.00. The van der Waals surface area contributed by atoms with Gasteiger partial charge in [0.05, 0.1) is 16.9 Å². The molecular formula is C25H32N4O7S. The van der Waals surface area contributed by atoms with Crippen molar-refractivity contribution in [2.24, 2.45) is 5.92 Å². The van der Waals surface area contributed by atoms with Crippen LogP contribution in [0.2, 0.25) is 0 Å². The predicted molar refractivity (Wildman–Crippen MR) is 140 cm³/mol. The van der Waals surface area contributed by atoms with Crippen LogP contribution < -0.4 is 20.7 Å². The lowest BCUT2D eigenvalue weighted by Gasteiger charge is -2.25. The highest BCUT2D eigenvalue weighted by atomic mass is 32.2. The van der Waals surface area contributed by atoms with Crippen LogP contribution in [0.4, 0.5) is 21.0 Å². The van der Waals surface area contributed by atoms with Gasteiger partial charge in [-0.25, -0.2) is 18.0 Å². The molecule has 0 aromatic heterocycles. The van der Waals surface area contributed by atoms with Crippen molar-refractivity contribution in [3.8, 4) is 0 Å². The molecule has 0 aliphatic rings. The van der Waals surface area contributed by atoms with Gasteiger partial charge in [-0.15, -0.1) is 0 Å². The number of carbonyl (C=O) groups is 3. The highest BCUT2D eigenvalue weighted by Crippen LogP contribution is 2.28. The quantitative estimate of drug-likeness (QED) is 0.243. The maximum absolute atomic E-state index is 13.1. The molecule has 0 spiro atoms. The first kappa shape index (κ1) is 29.2. The second kappa shape index (κ2) is 13.9. The van der Waals surface area contributed by atoms with E-state index in [1.807, 2.05) is 6.92 Å². The number of amides is 3. The Morgan fingerprint density at radius 1 is 1.08 bits per heavy atom.